The minimum atomic E-state index is -0.695. The second-order valence-corrected chi connectivity index (χ2v) is 24.5. The number of fused-ring (bicyclic) bond motifs is 2. The molecule has 0 bridgehead atoms. The topological polar surface area (TPSA) is 200 Å². The second-order valence-electron chi connectivity index (χ2n) is 22.0. The highest BCUT2D eigenvalue weighted by molar-refractivity contribution is 8.00. The van der Waals surface area contributed by atoms with Gasteiger partial charge in [0.05, 0.1) is 48.1 Å². The second kappa shape index (κ2) is 31.2. The molecule has 10 atom stereocenters. The number of carbonyl (C=O) groups is 6. The number of halogens is 2. The molecular weight excluding hydrogens is 1050 g/mol. The molecule has 0 aliphatic carbocycles. The number of unbranched alkanes of at least 4 members (excludes halogenated alkanes) is 7. The van der Waals surface area contributed by atoms with Crippen LogP contribution in [0, 0.1) is 10.8 Å². The summed E-state index contributed by atoms with van der Waals surface area (Å²) < 4.78 is 12.5. The van der Waals surface area contributed by atoms with Crippen molar-refractivity contribution < 1.29 is 38.2 Å². The zero-order valence-corrected chi connectivity index (χ0v) is 49.3. The Morgan fingerprint density at radius 2 is 0.921 bits per heavy atom. The standard InChI is InChI=1S/C56H86N8O8S2.2ClH/c1-37(57-7)49(65)59-41-27-31-73-45-33-55(3,4)47(63(45)53(41)69)51(67)61-43(39-23-17-15-18-24-39)35-71-29-21-13-11-9-10-12-14-22-30-72-36-44(40-25-19-16-20-26-40)62-52(68)48-56(5,6)34-46-64(48)54(70)42(28-32-74-46)60-50(66)38(2)58-8;;/h15-20,23-26,37-38,41-48,57-58H,9-14,21-22,27-36H2,1-8H3,(H,59,65)(H,60,66)(H,61,67)(H,62,68);2*1H/t37-,38-,41-,42-,43+,44+,45-,46-,47+,48+;;/m0../s1. The number of nitrogens with zero attached hydrogens (tertiary/aromatic N) is 2. The van der Waals surface area contributed by atoms with E-state index in [0.29, 0.717) is 63.6 Å². The molecule has 16 nitrogen and oxygen atoms in total. The van der Waals surface area contributed by atoms with Crippen molar-refractivity contribution in [3.8, 4) is 0 Å². The van der Waals surface area contributed by atoms with Crippen molar-refractivity contribution in [1.29, 1.82) is 0 Å². The molecule has 76 heavy (non-hydrogen) atoms. The fourth-order valence-electron chi connectivity index (χ4n) is 10.7. The Morgan fingerprint density at radius 1 is 0.579 bits per heavy atom. The summed E-state index contributed by atoms with van der Waals surface area (Å²) in [6.07, 6.45) is 10.8. The van der Waals surface area contributed by atoms with Gasteiger partial charge in [0, 0.05) is 13.2 Å². The molecule has 4 aliphatic rings. The number of hydrogen-bond acceptors (Lipinski definition) is 12. The molecule has 0 saturated carbocycles. The van der Waals surface area contributed by atoms with Gasteiger partial charge in [-0.2, -0.15) is 0 Å². The summed E-state index contributed by atoms with van der Waals surface area (Å²) in [5, 5.41) is 18.0. The van der Waals surface area contributed by atoms with Crippen LogP contribution in [0.1, 0.15) is 142 Å². The van der Waals surface area contributed by atoms with Gasteiger partial charge < -0.3 is 51.2 Å². The third kappa shape index (κ3) is 17.4. The predicted octanol–water partition coefficient (Wildman–Crippen LogP) is 7.06. The molecule has 426 valence electrons. The van der Waals surface area contributed by atoms with Crippen LogP contribution in [-0.4, -0.2) is 144 Å². The summed E-state index contributed by atoms with van der Waals surface area (Å²) in [6.45, 7) is 13.5. The van der Waals surface area contributed by atoms with Gasteiger partial charge >= 0.3 is 0 Å². The lowest BCUT2D eigenvalue weighted by Gasteiger charge is -2.35. The molecular formula is C56H88Cl2N8O8S2. The molecule has 2 aromatic rings. The average Bonchev–Trinajstić information content (AvgIpc) is 3.71. The van der Waals surface area contributed by atoms with Crippen molar-refractivity contribution in [2.75, 3.05) is 52.0 Å². The number of ether oxygens (including phenoxy) is 2. The molecule has 4 aliphatic heterocycles. The number of hydrogen-bond donors (Lipinski definition) is 6. The van der Waals surface area contributed by atoms with Crippen LogP contribution < -0.4 is 31.9 Å². The summed E-state index contributed by atoms with van der Waals surface area (Å²) in [7, 11) is 3.42. The summed E-state index contributed by atoms with van der Waals surface area (Å²) in [5.41, 5.74) is 0.935. The van der Waals surface area contributed by atoms with Gasteiger partial charge in [0.25, 0.3) is 0 Å². The number of carbonyl (C=O) groups excluding carboxylic acids is 6. The minimum Gasteiger partial charge on any atom is -0.379 e. The Morgan fingerprint density at radius 3 is 1.26 bits per heavy atom. The molecule has 0 radical (unpaired) electrons. The van der Waals surface area contributed by atoms with Crippen LogP contribution in [0.25, 0.3) is 0 Å². The third-order valence-corrected chi connectivity index (χ3v) is 17.8. The normalized spacial score (nSPS) is 24.2. The molecule has 0 unspecified atom stereocenters. The number of nitrogens with one attached hydrogen (secondary N) is 6. The van der Waals surface area contributed by atoms with E-state index >= 15 is 0 Å². The van der Waals surface area contributed by atoms with E-state index in [1.807, 2.05) is 88.4 Å². The molecule has 0 aromatic heterocycles. The van der Waals surface area contributed by atoms with E-state index in [2.05, 4.69) is 31.9 Å². The first-order chi connectivity index (χ1) is 35.5. The minimum absolute atomic E-state index is 0. The first-order valence-corrected chi connectivity index (χ1v) is 29.3. The number of likely N-dealkylation sites (N-methyl/N-ethyl adjacent to an activating group) is 2. The van der Waals surface area contributed by atoms with Gasteiger partial charge in [-0.3, -0.25) is 28.8 Å². The van der Waals surface area contributed by atoms with Crippen LogP contribution in [0.2, 0.25) is 0 Å². The quantitative estimate of drug-likeness (QED) is 0.0499. The first-order valence-electron chi connectivity index (χ1n) is 27.2. The van der Waals surface area contributed by atoms with Crippen LogP contribution in [-0.2, 0) is 38.2 Å². The van der Waals surface area contributed by atoms with Crippen LogP contribution in [0.4, 0.5) is 0 Å². The van der Waals surface area contributed by atoms with E-state index in [-0.39, 0.29) is 71.0 Å². The van der Waals surface area contributed by atoms with Crippen molar-refractivity contribution in [3.05, 3.63) is 71.8 Å². The van der Waals surface area contributed by atoms with Crippen LogP contribution in [0.15, 0.2) is 60.7 Å². The van der Waals surface area contributed by atoms with Crippen LogP contribution in [0.3, 0.4) is 0 Å². The number of thioether (sulfide) groups is 2. The summed E-state index contributed by atoms with van der Waals surface area (Å²) in [6, 6.07) is 15.2. The lowest BCUT2D eigenvalue weighted by atomic mass is 9.83. The SMILES string of the molecule is CN[C@@H](C)C(=O)N[C@H]1CCS[C@H]2CC(C)(C)[C@@H](C(=O)N[C@H](COCCCCCCCCCCOC[C@@H](NC(=O)[C@H]3N4C(=O)[C@@H](NC(=O)[C@H](C)NC)CCS[C@H]4CC3(C)C)c3ccccc3)c3ccccc3)N2C1=O.Cl.Cl. The van der Waals surface area contributed by atoms with E-state index in [9.17, 15) is 28.8 Å². The Hall–Kier alpha value is -3.62. The van der Waals surface area contributed by atoms with Crippen molar-refractivity contribution in [1.82, 2.24) is 41.7 Å². The molecule has 2 aromatic carbocycles. The van der Waals surface area contributed by atoms with Gasteiger partial charge in [-0.05, 0) is 99.9 Å². The van der Waals surface area contributed by atoms with Crippen LogP contribution >= 0.6 is 48.3 Å². The molecule has 0 spiro atoms. The summed E-state index contributed by atoms with van der Waals surface area (Å²) in [5.74, 6) is 0.128. The first kappa shape index (κ1) is 64.9. The molecule has 20 heteroatoms. The maximum absolute atomic E-state index is 14.3. The van der Waals surface area contributed by atoms with E-state index in [4.69, 9.17) is 9.47 Å². The molecule has 6 rings (SSSR count). The lowest BCUT2D eigenvalue weighted by Crippen LogP contribution is -2.58. The fourth-order valence-corrected chi connectivity index (χ4v) is 13.9. The van der Waals surface area contributed by atoms with Crippen molar-refractivity contribution >= 4 is 83.8 Å². The zero-order chi connectivity index (χ0) is 53.4. The Kier molecular flexibility index (Phi) is 26.7. The molecule has 6 N–H and O–H groups in total. The summed E-state index contributed by atoms with van der Waals surface area (Å²) in [4.78, 5) is 86.0. The Balaban J connectivity index is 0.00000624. The Bertz CT molecular complexity index is 2020. The van der Waals surface area contributed by atoms with Crippen molar-refractivity contribution in [3.63, 3.8) is 0 Å². The monoisotopic (exact) mass is 1130 g/mol. The zero-order valence-electron chi connectivity index (χ0n) is 46.1. The largest absolute Gasteiger partial charge is 0.379 e. The maximum Gasteiger partial charge on any atom is 0.246 e. The van der Waals surface area contributed by atoms with E-state index in [1.165, 1.54) is 0 Å². The molecule has 4 heterocycles. The third-order valence-electron chi connectivity index (χ3n) is 15.3. The molecule has 4 saturated heterocycles. The smallest absolute Gasteiger partial charge is 0.246 e. The van der Waals surface area contributed by atoms with Crippen molar-refractivity contribution in [2.45, 2.75) is 178 Å². The average molecular weight is 1140 g/mol. The van der Waals surface area contributed by atoms with Gasteiger partial charge in [-0.1, -0.05) is 127 Å². The number of rotatable bonds is 27. The Labute approximate surface area is 473 Å². The van der Waals surface area contributed by atoms with Gasteiger partial charge in [0.2, 0.25) is 35.4 Å². The fraction of sp³-hybridized carbons (Fsp3) is 0.679. The predicted molar refractivity (Wildman–Crippen MR) is 308 cm³/mol. The summed E-state index contributed by atoms with van der Waals surface area (Å²) >= 11 is 3.37. The van der Waals surface area contributed by atoms with Gasteiger partial charge in [0.15, 0.2) is 0 Å². The van der Waals surface area contributed by atoms with Gasteiger partial charge in [0.1, 0.15) is 24.2 Å². The number of benzene rings is 2. The maximum atomic E-state index is 14.3. The number of amides is 6. The van der Waals surface area contributed by atoms with E-state index in [1.54, 1.807) is 61.3 Å². The van der Waals surface area contributed by atoms with Crippen LogP contribution in [0.5, 0.6) is 0 Å². The van der Waals surface area contributed by atoms with Crippen molar-refractivity contribution in [2.24, 2.45) is 10.8 Å². The van der Waals surface area contributed by atoms with Gasteiger partial charge in [-0.15, -0.1) is 48.3 Å². The lowest BCUT2D eigenvalue weighted by molar-refractivity contribution is -0.144. The van der Waals surface area contributed by atoms with E-state index in [0.717, 1.165) is 62.5 Å². The molecule has 4 fully saturated rings. The molecule has 6 amide bonds. The highest BCUT2D eigenvalue weighted by Crippen LogP contribution is 2.48. The highest BCUT2D eigenvalue weighted by Gasteiger charge is 2.56. The highest BCUT2D eigenvalue weighted by atomic mass is 35.5. The van der Waals surface area contributed by atoms with Gasteiger partial charge in [-0.25, -0.2) is 0 Å². The van der Waals surface area contributed by atoms with E-state index < -0.39 is 59.2 Å².